The van der Waals surface area contributed by atoms with Crippen molar-refractivity contribution in [1.82, 2.24) is 15.5 Å². The molecule has 1 fully saturated rings. The molecule has 0 unspecified atom stereocenters. The van der Waals surface area contributed by atoms with Gasteiger partial charge in [-0.1, -0.05) is 0 Å². The highest BCUT2D eigenvalue weighted by Gasteiger charge is 2.32. The molecule has 1 aromatic rings. The Morgan fingerprint density at radius 3 is 1.70 bits per heavy atom. The Balaban J connectivity index is 0.000000486. The quantitative estimate of drug-likeness (QED) is 0.331. The van der Waals surface area contributed by atoms with Gasteiger partial charge in [-0.05, 0) is 106 Å². The molecule has 9 nitrogen and oxygen atoms in total. The first-order valence-corrected chi connectivity index (χ1v) is 14.1. The molecule has 40 heavy (non-hydrogen) atoms. The topological polar surface area (TPSA) is 100 Å². The molecule has 0 saturated carbocycles. The molecule has 2 rings (SSSR count). The number of alkyl carbamates (subject to hydrolysis) is 2. The summed E-state index contributed by atoms with van der Waals surface area (Å²) in [6, 6.07) is 5.79. The highest BCUT2D eigenvalue weighted by Crippen LogP contribution is 2.22. The fourth-order valence-corrected chi connectivity index (χ4v) is 4.06. The molecular weight excluding hydrogens is 539 g/mol. The minimum absolute atomic E-state index is 0.107. The number of rotatable bonds is 8. The molecule has 1 saturated heterocycles. The van der Waals surface area contributed by atoms with Gasteiger partial charge in [0.15, 0.2) is 0 Å². The van der Waals surface area contributed by atoms with Gasteiger partial charge in [0.2, 0.25) is 0 Å². The maximum Gasteiger partial charge on any atom is 0.408 e. The van der Waals surface area contributed by atoms with Gasteiger partial charge in [0.05, 0.1) is 0 Å². The zero-order valence-corrected chi connectivity index (χ0v) is 26.5. The van der Waals surface area contributed by atoms with Gasteiger partial charge >= 0.3 is 18.2 Å². The van der Waals surface area contributed by atoms with Crippen molar-refractivity contribution < 1.29 is 28.2 Å². The molecule has 11 heteroatoms. The Kier molecular flexibility index (Phi) is 12.6. The average molecular weight is 587 g/mol. The molecule has 4 amide bonds. The molecule has 2 N–H and O–H groups in total. The Morgan fingerprint density at radius 2 is 1.27 bits per heavy atom. The predicted molar refractivity (Wildman–Crippen MR) is 158 cm³/mol. The van der Waals surface area contributed by atoms with E-state index in [-0.39, 0.29) is 17.4 Å². The summed E-state index contributed by atoms with van der Waals surface area (Å²) in [7, 11) is 0. The number of amides is 4. The molecule has 0 atom stereocenters. The Hall–Kier alpha value is -2.75. The number of anilines is 1. The lowest BCUT2D eigenvalue weighted by Gasteiger charge is -2.30. The van der Waals surface area contributed by atoms with Crippen LogP contribution in [0.3, 0.4) is 0 Å². The number of urea groups is 1. The van der Waals surface area contributed by atoms with Crippen molar-refractivity contribution in [2.45, 2.75) is 104 Å². The number of nitrogens with one attached hydrogen (secondary N) is 2. The first-order chi connectivity index (χ1) is 18.1. The molecule has 1 heterocycles. The first kappa shape index (κ1) is 35.3. The molecule has 1 aromatic carbocycles. The number of alkyl halides is 1. The van der Waals surface area contributed by atoms with Gasteiger partial charge in [-0.25, -0.2) is 18.8 Å². The second-order valence-corrected chi connectivity index (χ2v) is 13.5. The second-order valence-electron chi connectivity index (χ2n) is 13.1. The van der Waals surface area contributed by atoms with Crippen molar-refractivity contribution in [3.8, 4) is 0 Å². The van der Waals surface area contributed by atoms with Gasteiger partial charge in [0, 0.05) is 42.3 Å². The van der Waals surface area contributed by atoms with Crippen LogP contribution < -0.4 is 15.5 Å². The van der Waals surface area contributed by atoms with Crippen molar-refractivity contribution in [2.24, 2.45) is 0 Å². The van der Waals surface area contributed by atoms with E-state index in [4.69, 9.17) is 21.1 Å². The number of ether oxygens (including phenoxy) is 2. The van der Waals surface area contributed by atoms with Crippen LogP contribution in [-0.4, -0.2) is 70.9 Å². The summed E-state index contributed by atoms with van der Waals surface area (Å²) in [5.41, 5.74) is -1.15. The van der Waals surface area contributed by atoms with E-state index < -0.39 is 28.9 Å². The summed E-state index contributed by atoms with van der Waals surface area (Å²) in [5, 5.41) is 5.61. The SMILES string of the molecule is CC(C)(CCCl)NC(=O)OC(C)(C)C.CC(C)(CCN1CCN(c2ccc(F)cc2)C1=O)NC(=O)OC(C)(C)C. The van der Waals surface area contributed by atoms with Crippen LogP contribution >= 0.6 is 11.6 Å². The van der Waals surface area contributed by atoms with E-state index in [1.54, 1.807) is 21.9 Å². The lowest BCUT2D eigenvalue weighted by Crippen LogP contribution is -2.47. The molecular formula is C29H48ClFN4O5. The fourth-order valence-electron chi connectivity index (χ4n) is 3.59. The Labute approximate surface area is 244 Å². The van der Waals surface area contributed by atoms with E-state index >= 15 is 0 Å². The molecule has 0 aromatic heterocycles. The van der Waals surface area contributed by atoms with Crippen LogP contribution in [-0.2, 0) is 9.47 Å². The first-order valence-electron chi connectivity index (χ1n) is 13.5. The van der Waals surface area contributed by atoms with Crippen molar-refractivity contribution in [3.05, 3.63) is 30.1 Å². The van der Waals surface area contributed by atoms with E-state index in [0.717, 1.165) is 0 Å². The second kappa shape index (κ2) is 14.2. The molecule has 0 spiro atoms. The summed E-state index contributed by atoms with van der Waals surface area (Å²) in [6.07, 6.45) is 0.444. The Morgan fingerprint density at radius 1 is 0.825 bits per heavy atom. The number of hydrogen-bond donors (Lipinski definition) is 2. The third-order valence-electron chi connectivity index (χ3n) is 5.64. The maximum absolute atomic E-state index is 13.0. The number of benzene rings is 1. The molecule has 0 radical (unpaired) electrons. The summed E-state index contributed by atoms with van der Waals surface area (Å²) >= 11 is 5.61. The number of carbonyl (C=O) groups excluding carboxylic acids is 3. The van der Waals surface area contributed by atoms with Gasteiger partial charge in [-0.15, -0.1) is 11.6 Å². The highest BCUT2D eigenvalue weighted by molar-refractivity contribution is 6.17. The molecule has 1 aliphatic rings. The lowest BCUT2D eigenvalue weighted by molar-refractivity contribution is 0.0454. The van der Waals surface area contributed by atoms with Crippen LogP contribution in [0.1, 0.15) is 82.1 Å². The molecule has 228 valence electrons. The fraction of sp³-hybridized carbons (Fsp3) is 0.690. The largest absolute Gasteiger partial charge is 0.444 e. The van der Waals surface area contributed by atoms with Crippen molar-refractivity contribution in [2.75, 3.05) is 30.4 Å². The van der Waals surface area contributed by atoms with E-state index in [1.807, 2.05) is 69.2 Å². The van der Waals surface area contributed by atoms with Crippen molar-refractivity contribution >= 4 is 35.5 Å². The van der Waals surface area contributed by atoms with E-state index in [0.29, 0.717) is 44.0 Å². The van der Waals surface area contributed by atoms with Crippen LogP contribution in [0.2, 0.25) is 0 Å². The van der Waals surface area contributed by atoms with Gasteiger partial charge < -0.3 is 25.0 Å². The van der Waals surface area contributed by atoms with Crippen molar-refractivity contribution in [3.63, 3.8) is 0 Å². The summed E-state index contributed by atoms with van der Waals surface area (Å²) in [4.78, 5) is 39.3. The standard InChI is InChI=1S/C19H28FN3O3.C10H20ClNO2/c1-18(2,3)26-16(24)21-19(4,5)10-11-22-12-13-23(17(22)25)15-8-6-14(20)7-9-15;1-9(2,3)14-8(13)12-10(4,5)6-7-11/h6-9H,10-13H2,1-5H3,(H,21,24);6-7H2,1-5H3,(H,12,13). The molecule has 1 aliphatic heterocycles. The summed E-state index contributed by atoms with van der Waals surface area (Å²) < 4.78 is 23.5. The minimum atomic E-state index is -0.555. The third-order valence-corrected chi connectivity index (χ3v) is 5.83. The normalized spacial score (nSPS) is 14.3. The molecule has 0 aliphatic carbocycles. The average Bonchev–Trinajstić information content (AvgIpc) is 3.10. The van der Waals surface area contributed by atoms with Crippen LogP contribution in [0, 0.1) is 5.82 Å². The number of halogens is 2. The smallest absolute Gasteiger partial charge is 0.408 e. The number of nitrogens with zero attached hydrogens (tertiary/aromatic N) is 2. The monoisotopic (exact) mass is 586 g/mol. The Bertz CT molecular complexity index is 988. The summed E-state index contributed by atoms with van der Waals surface area (Å²) in [5.74, 6) is 0.190. The minimum Gasteiger partial charge on any atom is -0.444 e. The van der Waals surface area contributed by atoms with Crippen LogP contribution in [0.25, 0.3) is 0 Å². The van der Waals surface area contributed by atoms with E-state index in [2.05, 4.69) is 10.6 Å². The summed E-state index contributed by atoms with van der Waals surface area (Å²) in [6.45, 7) is 20.2. The maximum atomic E-state index is 13.0. The van der Waals surface area contributed by atoms with Gasteiger partial charge in [0.25, 0.3) is 0 Å². The van der Waals surface area contributed by atoms with Gasteiger partial charge in [0.1, 0.15) is 17.0 Å². The molecule has 0 bridgehead atoms. The number of hydrogen-bond acceptors (Lipinski definition) is 5. The van der Waals surface area contributed by atoms with Crippen LogP contribution in [0.15, 0.2) is 24.3 Å². The highest BCUT2D eigenvalue weighted by atomic mass is 35.5. The number of carbonyl (C=O) groups is 3. The lowest BCUT2D eigenvalue weighted by atomic mass is 10.0. The van der Waals surface area contributed by atoms with Gasteiger partial charge in [-0.2, -0.15) is 0 Å². The van der Waals surface area contributed by atoms with E-state index in [9.17, 15) is 18.8 Å². The van der Waals surface area contributed by atoms with Gasteiger partial charge in [-0.3, -0.25) is 4.90 Å². The zero-order chi connectivity index (χ0) is 30.9. The van der Waals surface area contributed by atoms with Crippen molar-refractivity contribution in [1.29, 1.82) is 0 Å². The van der Waals surface area contributed by atoms with E-state index in [1.165, 1.54) is 12.1 Å². The van der Waals surface area contributed by atoms with Crippen LogP contribution in [0.5, 0.6) is 0 Å². The zero-order valence-electron chi connectivity index (χ0n) is 25.7. The third kappa shape index (κ3) is 14.1. The van der Waals surface area contributed by atoms with Crippen LogP contribution in [0.4, 0.5) is 24.5 Å². The predicted octanol–water partition coefficient (Wildman–Crippen LogP) is 6.68.